The first-order valence-electron chi connectivity index (χ1n) is 6.09. The van der Waals surface area contributed by atoms with Crippen molar-refractivity contribution >= 4 is 22.9 Å². The monoisotopic (exact) mass is 276 g/mol. The molecule has 0 aliphatic heterocycles. The summed E-state index contributed by atoms with van der Waals surface area (Å²) < 4.78 is 1.49. The molecule has 1 amide bonds. The second-order valence-electron chi connectivity index (χ2n) is 4.35. The molecule has 0 saturated heterocycles. The zero-order chi connectivity index (χ0) is 14.0. The highest BCUT2D eigenvalue weighted by atomic mass is 32.1. The molecule has 1 aromatic heterocycles. The average molecular weight is 276 g/mol. The van der Waals surface area contributed by atoms with Gasteiger partial charge in [0.2, 0.25) is 0 Å². The SMILES string of the molecule is CCc1ccc(NC(=O)c2sc(=O)n(C)c2C)cc1. The van der Waals surface area contributed by atoms with Crippen molar-refractivity contribution in [3.8, 4) is 0 Å². The number of carbonyl (C=O) groups is 1. The van der Waals surface area contributed by atoms with E-state index in [0.29, 0.717) is 10.6 Å². The fourth-order valence-electron chi connectivity index (χ4n) is 1.74. The Bertz CT molecular complexity index is 653. The van der Waals surface area contributed by atoms with Crippen LogP contribution in [0.15, 0.2) is 29.1 Å². The van der Waals surface area contributed by atoms with Crippen molar-refractivity contribution in [1.82, 2.24) is 4.57 Å². The number of aryl methyl sites for hydroxylation is 1. The third-order valence-electron chi connectivity index (χ3n) is 3.12. The molecule has 0 aliphatic rings. The molecule has 0 bridgehead atoms. The minimum absolute atomic E-state index is 0.121. The second kappa shape index (κ2) is 5.40. The normalized spacial score (nSPS) is 10.5. The van der Waals surface area contributed by atoms with E-state index in [1.54, 1.807) is 14.0 Å². The molecule has 2 rings (SSSR count). The van der Waals surface area contributed by atoms with E-state index in [9.17, 15) is 9.59 Å². The van der Waals surface area contributed by atoms with Crippen molar-refractivity contribution in [1.29, 1.82) is 0 Å². The summed E-state index contributed by atoms with van der Waals surface area (Å²) in [6.45, 7) is 3.85. The van der Waals surface area contributed by atoms with Crippen LogP contribution in [-0.2, 0) is 13.5 Å². The first kappa shape index (κ1) is 13.5. The Morgan fingerprint density at radius 1 is 1.32 bits per heavy atom. The van der Waals surface area contributed by atoms with Crippen LogP contribution in [0.1, 0.15) is 27.9 Å². The number of thiazole rings is 1. The van der Waals surface area contributed by atoms with Crippen LogP contribution in [0.3, 0.4) is 0 Å². The second-order valence-corrected chi connectivity index (χ2v) is 5.31. The third-order valence-corrected chi connectivity index (χ3v) is 4.25. The maximum Gasteiger partial charge on any atom is 0.307 e. The van der Waals surface area contributed by atoms with Crippen LogP contribution in [0.25, 0.3) is 0 Å². The van der Waals surface area contributed by atoms with Crippen LogP contribution >= 0.6 is 11.3 Å². The molecule has 0 fully saturated rings. The van der Waals surface area contributed by atoms with Crippen molar-refractivity contribution in [2.24, 2.45) is 7.05 Å². The highest BCUT2D eigenvalue weighted by Crippen LogP contribution is 2.15. The van der Waals surface area contributed by atoms with Gasteiger partial charge >= 0.3 is 4.87 Å². The van der Waals surface area contributed by atoms with Gasteiger partial charge in [-0.3, -0.25) is 9.59 Å². The van der Waals surface area contributed by atoms with Crippen LogP contribution in [0.5, 0.6) is 0 Å². The van der Waals surface area contributed by atoms with Gasteiger partial charge in [0.1, 0.15) is 4.88 Å². The topological polar surface area (TPSA) is 51.1 Å². The lowest BCUT2D eigenvalue weighted by Gasteiger charge is -2.05. The maximum atomic E-state index is 12.1. The van der Waals surface area contributed by atoms with Gasteiger partial charge in [0.05, 0.1) is 0 Å². The van der Waals surface area contributed by atoms with Crippen molar-refractivity contribution < 1.29 is 4.79 Å². The zero-order valence-electron chi connectivity index (χ0n) is 11.2. The molecule has 0 atom stereocenters. The fraction of sp³-hybridized carbons (Fsp3) is 0.286. The van der Waals surface area contributed by atoms with E-state index in [1.807, 2.05) is 24.3 Å². The lowest BCUT2D eigenvalue weighted by molar-refractivity contribution is 0.102. The summed E-state index contributed by atoms with van der Waals surface area (Å²) in [6.07, 6.45) is 0.966. The predicted molar refractivity (Wildman–Crippen MR) is 78.1 cm³/mol. The number of rotatable bonds is 3. The summed E-state index contributed by atoms with van der Waals surface area (Å²) in [5.74, 6) is -0.232. The van der Waals surface area contributed by atoms with E-state index in [2.05, 4.69) is 12.2 Å². The third kappa shape index (κ3) is 2.76. The van der Waals surface area contributed by atoms with Crippen LogP contribution in [-0.4, -0.2) is 10.5 Å². The van der Waals surface area contributed by atoms with Gasteiger partial charge in [-0.1, -0.05) is 30.4 Å². The average Bonchev–Trinajstić information content (AvgIpc) is 2.67. The highest BCUT2D eigenvalue weighted by molar-refractivity contribution is 7.11. The molecule has 1 N–H and O–H groups in total. The van der Waals surface area contributed by atoms with Gasteiger partial charge in [0, 0.05) is 18.4 Å². The Kier molecular flexibility index (Phi) is 3.85. The quantitative estimate of drug-likeness (QED) is 0.936. The Hall–Kier alpha value is -1.88. The molecule has 1 aromatic carbocycles. The first-order valence-corrected chi connectivity index (χ1v) is 6.91. The number of aromatic nitrogens is 1. The molecule has 2 aromatic rings. The summed E-state index contributed by atoms with van der Waals surface area (Å²) in [6, 6.07) is 7.71. The Morgan fingerprint density at radius 3 is 2.42 bits per heavy atom. The molecule has 1 heterocycles. The summed E-state index contributed by atoms with van der Waals surface area (Å²) in [4.78, 5) is 23.9. The number of carbonyl (C=O) groups excluding carboxylic acids is 1. The summed E-state index contributed by atoms with van der Waals surface area (Å²) in [7, 11) is 1.67. The largest absolute Gasteiger partial charge is 0.321 e. The van der Waals surface area contributed by atoms with Crippen LogP contribution in [0, 0.1) is 6.92 Å². The summed E-state index contributed by atoms with van der Waals surface area (Å²) in [5.41, 5.74) is 2.65. The van der Waals surface area contributed by atoms with E-state index in [-0.39, 0.29) is 10.8 Å². The molecule has 19 heavy (non-hydrogen) atoms. The zero-order valence-corrected chi connectivity index (χ0v) is 12.0. The lowest BCUT2D eigenvalue weighted by atomic mass is 10.1. The summed E-state index contributed by atoms with van der Waals surface area (Å²) in [5, 5.41) is 2.81. The van der Waals surface area contributed by atoms with Gasteiger partial charge in [-0.2, -0.15) is 0 Å². The molecule has 0 aliphatic carbocycles. The van der Waals surface area contributed by atoms with Gasteiger partial charge in [-0.25, -0.2) is 0 Å². The highest BCUT2D eigenvalue weighted by Gasteiger charge is 2.15. The van der Waals surface area contributed by atoms with Crippen molar-refractivity contribution in [3.05, 3.63) is 50.1 Å². The molecule has 0 spiro atoms. The van der Waals surface area contributed by atoms with E-state index >= 15 is 0 Å². The van der Waals surface area contributed by atoms with Gasteiger partial charge in [0.15, 0.2) is 0 Å². The van der Waals surface area contributed by atoms with Gasteiger partial charge in [0.25, 0.3) is 5.91 Å². The number of nitrogens with one attached hydrogen (secondary N) is 1. The Morgan fingerprint density at radius 2 is 1.95 bits per heavy atom. The Labute approximate surface area is 115 Å². The van der Waals surface area contributed by atoms with Crippen molar-refractivity contribution in [3.63, 3.8) is 0 Å². The standard InChI is InChI=1S/C14H16N2O2S/c1-4-10-5-7-11(8-6-10)15-13(17)12-9(2)16(3)14(18)19-12/h5-8H,4H2,1-3H3,(H,15,17). The van der Waals surface area contributed by atoms with Crippen LogP contribution in [0.4, 0.5) is 5.69 Å². The number of benzene rings is 1. The molecule has 5 heteroatoms. The maximum absolute atomic E-state index is 12.1. The number of hydrogen-bond donors (Lipinski definition) is 1. The minimum atomic E-state index is -0.232. The molecule has 0 radical (unpaired) electrons. The van der Waals surface area contributed by atoms with Gasteiger partial charge < -0.3 is 9.88 Å². The lowest BCUT2D eigenvalue weighted by Crippen LogP contribution is -2.12. The van der Waals surface area contributed by atoms with Gasteiger partial charge in [-0.05, 0) is 31.0 Å². The van der Waals surface area contributed by atoms with Gasteiger partial charge in [-0.15, -0.1) is 0 Å². The van der Waals surface area contributed by atoms with Crippen molar-refractivity contribution in [2.45, 2.75) is 20.3 Å². The number of hydrogen-bond acceptors (Lipinski definition) is 3. The van der Waals surface area contributed by atoms with Crippen LogP contribution in [0.2, 0.25) is 0 Å². The smallest absolute Gasteiger partial charge is 0.307 e. The fourth-order valence-corrected chi connectivity index (χ4v) is 2.62. The molecule has 0 unspecified atom stereocenters. The molecule has 4 nitrogen and oxygen atoms in total. The van der Waals surface area contributed by atoms with E-state index in [0.717, 1.165) is 23.4 Å². The molecule has 100 valence electrons. The van der Waals surface area contributed by atoms with Crippen molar-refractivity contribution in [2.75, 3.05) is 5.32 Å². The van der Waals surface area contributed by atoms with E-state index in [1.165, 1.54) is 10.1 Å². The predicted octanol–water partition coefficient (Wildman–Crippen LogP) is 2.57. The Balaban J connectivity index is 2.20. The molecular formula is C14H16N2O2S. The number of nitrogens with zero attached hydrogens (tertiary/aromatic N) is 1. The number of anilines is 1. The number of amides is 1. The molecule has 0 saturated carbocycles. The minimum Gasteiger partial charge on any atom is -0.321 e. The van der Waals surface area contributed by atoms with E-state index < -0.39 is 0 Å². The summed E-state index contributed by atoms with van der Waals surface area (Å²) >= 11 is 0.971. The first-order chi connectivity index (χ1) is 9.02. The molecular weight excluding hydrogens is 260 g/mol. The van der Waals surface area contributed by atoms with Crippen LogP contribution < -0.4 is 10.2 Å². The van der Waals surface area contributed by atoms with E-state index in [4.69, 9.17) is 0 Å².